The van der Waals surface area contributed by atoms with Crippen LogP contribution in [0.4, 0.5) is 0 Å². The van der Waals surface area contributed by atoms with Crippen molar-refractivity contribution in [3.8, 4) is 17.1 Å². The Morgan fingerprint density at radius 1 is 1.14 bits per heavy atom. The van der Waals surface area contributed by atoms with Crippen molar-refractivity contribution >= 4 is 23.6 Å². The minimum Gasteiger partial charge on any atom is -0.497 e. The molecule has 29 heavy (non-hydrogen) atoms. The third-order valence-electron chi connectivity index (χ3n) is 4.24. The zero-order valence-corrected chi connectivity index (χ0v) is 18.0. The number of carbonyl (C=O) groups excluding carboxylic acids is 2. The van der Waals surface area contributed by atoms with Crippen LogP contribution in [0.1, 0.15) is 32.6 Å². The number of ether oxygens (including phenoxy) is 2. The lowest BCUT2D eigenvalue weighted by Gasteiger charge is -2.10. The molecule has 1 amide bonds. The monoisotopic (exact) mass is 420 g/mol. The molecule has 0 aliphatic heterocycles. The van der Waals surface area contributed by atoms with E-state index in [1.54, 1.807) is 7.11 Å². The maximum atomic E-state index is 12.1. The van der Waals surface area contributed by atoms with Gasteiger partial charge >= 0.3 is 5.97 Å². The normalized spacial score (nSPS) is 10.6. The molecule has 1 aromatic heterocycles. The fourth-order valence-corrected chi connectivity index (χ4v) is 3.41. The zero-order valence-electron chi connectivity index (χ0n) is 17.1. The van der Waals surface area contributed by atoms with Crippen molar-refractivity contribution in [2.75, 3.05) is 26.5 Å². The van der Waals surface area contributed by atoms with Crippen LogP contribution < -0.4 is 10.1 Å². The summed E-state index contributed by atoms with van der Waals surface area (Å²) in [5.41, 5.74) is 0.952. The number of esters is 1. The van der Waals surface area contributed by atoms with Gasteiger partial charge in [0.25, 0.3) is 0 Å². The number of thioether (sulfide) groups is 1. The number of hydrogen-bond donors (Lipinski definition) is 1. The Hall–Kier alpha value is -2.55. The molecule has 2 rings (SSSR count). The Balaban J connectivity index is 1.97. The molecular formula is C20H28N4O4S. The van der Waals surface area contributed by atoms with Crippen molar-refractivity contribution in [1.29, 1.82) is 0 Å². The third-order valence-corrected chi connectivity index (χ3v) is 5.21. The van der Waals surface area contributed by atoms with Crippen molar-refractivity contribution in [3.05, 3.63) is 24.3 Å². The van der Waals surface area contributed by atoms with E-state index in [1.807, 2.05) is 24.3 Å². The second-order valence-corrected chi connectivity index (χ2v) is 7.30. The molecule has 0 unspecified atom stereocenters. The first-order valence-electron chi connectivity index (χ1n) is 9.63. The standard InChI is InChI=1S/C20H28N4O4S/c1-4-5-13-24-19(15-8-10-16(27-2)11-9-15)22-23-20(24)29-14-17(25)21-12-6-7-18(26)28-3/h8-11H,4-7,12-14H2,1-3H3,(H,21,25). The molecular weight excluding hydrogens is 392 g/mol. The average molecular weight is 421 g/mol. The van der Waals surface area contributed by atoms with Crippen LogP contribution in [0.3, 0.4) is 0 Å². The van der Waals surface area contributed by atoms with Gasteiger partial charge in [0.2, 0.25) is 5.91 Å². The van der Waals surface area contributed by atoms with Crippen LogP contribution in [0.15, 0.2) is 29.4 Å². The predicted molar refractivity (Wildman–Crippen MR) is 112 cm³/mol. The predicted octanol–water partition coefficient (Wildman–Crippen LogP) is 2.92. The largest absolute Gasteiger partial charge is 0.497 e. The molecule has 8 nitrogen and oxygen atoms in total. The number of benzene rings is 1. The summed E-state index contributed by atoms with van der Waals surface area (Å²) >= 11 is 1.36. The number of aromatic nitrogens is 3. The number of nitrogens with one attached hydrogen (secondary N) is 1. The van der Waals surface area contributed by atoms with E-state index in [-0.39, 0.29) is 17.6 Å². The smallest absolute Gasteiger partial charge is 0.305 e. The Labute approximate surface area is 175 Å². The van der Waals surface area contributed by atoms with Crippen LogP contribution in [-0.2, 0) is 20.9 Å². The Morgan fingerprint density at radius 2 is 1.90 bits per heavy atom. The maximum absolute atomic E-state index is 12.1. The van der Waals surface area contributed by atoms with Crippen LogP contribution in [0.5, 0.6) is 5.75 Å². The van der Waals surface area contributed by atoms with E-state index in [9.17, 15) is 9.59 Å². The number of methoxy groups -OCH3 is 2. The van der Waals surface area contributed by atoms with Gasteiger partial charge in [0.05, 0.1) is 20.0 Å². The van der Waals surface area contributed by atoms with Gasteiger partial charge in [-0.2, -0.15) is 0 Å². The van der Waals surface area contributed by atoms with Crippen molar-refractivity contribution in [2.24, 2.45) is 0 Å². The Morgan fingerprint density at radius 3 is 2.55 bits per heavy atom. The minimum atomic E-state index is -0.274. The number of amides is 1. The molecule has 0 fully saturated rings. The lowest BCUT2D eigenvalue weighted by molar-refractivity contribution is -0.140. The molecule has 0 spiro atoms. The summed E-state index contributed by atoms with van der Waals surface area (Å²) < 4.78 is 11.8. The molecule has 0 aliphatic rings. The highest BCUT2D eigenvalue weighted by Crippen LogP contribution is 2.26. The number of nitrogens with zero attached hydrogens (tertiary/aromatic N) is 3. The van der Waals surface area contributed by atoms with Crippen molar-refractivity contribution in [2.45, 2.75) is 44.3 Å². The summed E-state index contributed by atoms with van der Waals surface area (Å²) in [7, 11) is 2.99. The molecule has 0 bridgehead atoms. The van der Waals surface area contributed by atoms with E-state index in [4.69, 9.17) is 4.74 Å². The van der Waals surface area contributed by atoms with Crippen LogP contribution in [0.25, 0.3) is 11.4 Å². The molecule has 2 aromatic rings. The summed E-state index contributed by atoms with van der Waals surface area (Å²) in [4.78, 5) is 23.2. The first-order chi connectivity index (χ1) is 14.1. The van der Waals surface area contributed by atoms with Gasteiger partial charge in [0.15, 0.2) is 11.0 Å². The van der Waals surface area contributed by atoms with E-state index in [1.165, 1.54) is 18.9 Å². The van der Waals surface area contributed by atoms with Gasteiger partial charge in [-0.1, -0.05) is 25.1 Å². The second-order valence-electron chi connectivity index (χ2n) is 6.36. The van der Waals surface area contributed by atoms with Crippen molar-refractivity contribution in [1.82, 2.24) is 20.1 Å². The van der Waals surface area contributed by atoms with Gasteiger partial charge < -0.3 is 19.4 Å². The highest BCUT2D eigenvalue weighted by Gasteiger charge is 2.15. The van der Waals surface area contributed by atoms with Gasteiger partial charge in [-0.25, -0.2) is 0 Å². The minimum absolute atomic E-state index is 0.101. The van der Waals surface area contributed by atoms with Crippen LogP contribution >= 0.6 is 11.8 Å². The van der Waals surface area contributed by atoms with Crippen LogP contribution in [0, 0.1) is 0 Å². The van der Waals surface area contributed by atoms with Crippen molar-refractivity contribution < 1.29 is 19.1 Å². The van der Waals surface area contributed by atoms with E-state index < -0.39 is 0 Å². The SMILES string of the molecule is CCCCn1c(SCC(=O)NCCCC(=O)OC)nnc1-c1ccc(OC)cc1. The topological polar surface area (TPSA) is 95.3 Å². The Kier molecular flexibility index (Phi) is 9.49. The zero-order chi connectivity index (χ0) is 21.1. The number of carbonyl (C=O) groups is 2. The molecule has 0 saturated heterocycles. The summed E-state index contributed by atoms with van der Waals surface area (Å²) in [6.07, 6.45) is 2.89. The highest BCUT2D eigenvalue weighted by molar-refractivity contribution is 7.99. The summed E-state index contributed by atoms with van der Waals surface area (Å²) in [5, 5.41) is 12.2. The molecule has 1 N–H and O–H groups in total. The molecule has 1 aromatic carbocycles. The van der Waals surface area contributed by atoms with Gasteiger partial charge in [0, 0.05) is 25.1 Å². The summed E-state index contributed by atoms with van der Waals surface area (Å²) in [6.45, 7) is 3.36. The molecule has 158 valence electrons. The van der Waals surface area contributed by atoms with Gasteiger partial charge in [0.1, 0.15) is 5.75 Å². The molecule has 0 saturated carbocycles. The highest BCUT2D eigenvalue weighted by atomic mass is 32.2. The maximum Gasteiger partial charge on any atom is 0.305 e. The Bertz CT molecular complexity index is 792. The van der Waals surface area contributed by atoms with Crippen LogP contribution in [-0.4, -0.2) is 53.2 Å². The molecule has 9 heteroatoms. The van der Waals surface area contributed by atoms with E-state index >= 15 is 0 Å². The van der Waals surface area contributed by atoms with Gasteiger partial charge in [-0.05, 0) is 37.1 Å². The molecule has 0 aliphatic carbocycles. The fourth-order valence-electron chi connectivity index (χ4n) is 2.61. The van der Waals surface area contributed by atoms with Gasteiger partial charge in [-0.15, -0.1) is 10.2 Å². The number of rotatable bonds is 12. The first kappa shape index (κ1) is 22.7. The number of hydrogen-bond acceptors (Lipinski definition) is 7. The molecule has 0 atom stereocenters. The fraction of sp³-hybridized carbons (Fsp3) is 0.500. The molecule has 0 radical (unpaired) electrons. The lowest BCUT2D eigenvalue weighted by Crippen LogP contribution is -2.26. The van der Waals surface area contributed by atoms with E-state index in [0.29, 0.717) is 24.5 Å². The molecule has 1 heterocycles. The lowest BCUT2D eigenvalue weighted by atomic mass is 10.2. The quantitative estimate of drug-likeness (QED) is 0.320. The van der Waals surface area contributed by atoms with Crippen molar-refractivity contribution in [3.63, 3.8) is 0 Å². The summed E-state index contributed by atoms with van der Waals surface area (Å²) in [5.74, 6) is 1.43. The van der Waals surface area contributed by atoms with Gasteiger partial charge in [-0.3, -0.25) is 9.59 Å². The van der Waals surface area contributed by atoms with E-state index in [0.717, 1.165) is 36.5 Å². The summed E-state index contributed by atoms with van der Waals surface area (Å²) in [6, 6.07) is 7.69. The second kappa shape index (κ2) is 12.1. The first-order valence-corrected chi connectivity index (χ1v) is 10.6. The number of unbranched alkanes of at least 4 members (excludes halogenated alkanes) is 1. The van der Waals surface area contributed by atoms with E-state index in [2.05, 4.69) is 31.7 Å². The average Bonchev–Trinajstić information content (AvgIpc) is 3.16. The third kappa shape index (κ3) is 7.08. The van der Waals surface area contributed by atoms with Crippen LogP contribution in [0.2, 0.25) is 0 Å².